The van der Waals surface area contributed by atoms with E-state index in [0.717, 1.165) is 11.3 Å². The number of carbonyl (C=O) groups excluding carboxylic acids is 2. The number of carboxylic acids is 1. The zero-order valence-electron chi connectivity index (χ0n) is 15.6. The number of nitrogens with zero attached hydrogens (tertiary/aromatic N) is 1. The lowest BCUT2D eigenvalue weighted by molar-refractivity contribution is -0.129. The number of carboxylic acid groups (broad SMARTS) is 1. The van der Waals surface area contributed by atoms with Gasteiger partial charge in [0.1, 0.15) is 5.75 Å². The van der Waals surface area contributed by atoms with Gasteiger partial charge in [-0.1, -0.05) is 24.3 Å². The zero-order chi connectivity index (χ0) is 20.1. The predicted molar refractivity (Wildman–Crippen MR) is 102 cm³/mol. The summed E-state index contributed by atoms with van der Waals surface area (Å²) in [4.78, 5) is 37.4. The van der Waals surface area contributed by atoms with Gasteiger partial charge in [-0.25, -0.2) is 4.79 Å². The second-order valence-corrected chi connectivity index (χ2v) is 6.75. The highest BCUT2D eigenvalue weighted by Gasteiger charge is 2.34. The first-order valence-electron chi connectivity index (χ1n) is 8.97. The Morgan fingerprint density at radius 2 is 1.93 bits per heavy atom. The monoisotopic (exact) mass is 382 g/mol. The van der Waals surface area contributed by atoms with Gasteiger partial charge in [0.15, 0.2) is 0 Å². The molecular formula is C21H22N2O5. The van der Waals surface area contributed by atoms with E-state index in [1.54, 1.807) is 24.1 Å². The van der Waals surface area contributed by atoms with Crippen LogP contribution in [0.5, 0.6) is 5.75 Å². The van der Waals surface area contributed by atoms with Crippen molar-refractivity contribution < 1.29 is 24.2 Å². The average Bonchev–Trinajstić information content (AvgIpc) is 3.07. The molecule has 1 heterocycles. The number of rotatable bonds is 7. The van der Waals surface area contributed by atoms with Crippen molar-refractivity contribution >= 4 is 17.8 Å². The summed E-state index contributed by atoms with van der Waals surface area (Å²) in [5.74, 6) is -0.923. The molecule has 2 aromatic carbocycles. The summed E-state index contributed by atoms with van der Waals surface area (Å²) < 4.78 is 5.13. The molecule has 1 aliphatic rings. The maximum Gasteiger partial charge on any atom is 0.335 e. The summed E-state index contributed by atoms with van der Waals surface area (Å²) in [5, 5.41) is 11.8. The molecule has 2 N–H and O–H groups in total. The largest absolute Gasteiger partial charge is 0.497 e. The van der Waals surface area contributed by atoms with E-state index < -0.39 is 11.9 Å². The average molecular weight is 382 g/mol. The topological polar surface area (TPSA) is 95.9 Å². The van der Waals surface area contributed by atoms with E-state index in [2.05, 4.69) is 5.32 Å². The van der Waals surface area contributed by atoms with Crippen LogP contribution in [0.2, 0.25) is 0 Å². The van der Waals surface area contributed by atoms with Gasteiger partial charge in [0.05, 0.1) is 18.6 Å². The molecule has 7 heteroatoms. The van der Waals surface area contributed by atoms with Gasteiger partial charge in [-0.3, -0.25) is 9.59 Å². The summed E-state index contributed by atoms with van der Waals surface area (Å²) in [5.41, 5.74) is 1.85. The molecule has 2 aromatic rings. The molecular weight excluding hydrogens is 360 g/mol. The van der Waals surface area contributed by atoms with E-state index in [1.807, 2.05) is 24.3 Å². The third-order valence-electron chi connectivity index (χ3n) is 4.76. The first-order chi connectivity index (χ1) is 13.5. The molecule has 7 nitrogen and oxygen atoms in total. The first-order valence-corrected chi connectivity index (χ1v) is 8.97. The van der Waals surface area contributed by atoms with Crippen LogP contribution in [0.4, 0.5) is 0 Å². The van der Waals surface area contributed by atoms with Gasteiger partial charge in [-0.15, -0.1) is 0 Å². The van der Waals surface area contributed by atoms with Crippen molar-refractivity contribution in [1.82, 2.24) is 10.2 Å². The van der Waals surface area contributed by atoms with Crippen LogP contribution in [0.1, 0.15) is 27.9 Å². The van der Waals surface area contributed by atoms with Crippen molar-refractivity contribution in [2.24, 2.45) is 5.92 Å². The minimum absolute atomic E-state index is 0.0520. The molecule has 1 fully saturated rings. The minimum Gasteiger partial charge on any atom is -0.497 e. The van der Waals surface area contributed by atoms with Crippen LogP contribution >= 0.6 is 0 Å². The third kappa shape index (κ3) is 4.68. The van der Waals surface area contributed by atoms with Crippen LogP contribution in [-0.2, 0) is 22.7 Å². The van der Waals surface area contributed by atoms with E-state index in [-0.39, 0.29) is 30.3 Å². The number of amides is 2. The van der Waals surface area contributed by atoms with Crippen LogP contribution in [0.3, 0.4) is 0 Å². The molecule has 1 saturated heterocycles. The molecule has 146 valence electrons. The summed E-state index contributed by atoms with van der Waals surface area (Å²) in [6, 6.07) is 13.9. The summed E-state index contributed by atoms with van der Waals surface area (Å²) in [6.45, 7) is 1.04. The standard InChI is InChI=1S/C21H22N2O5/c1-28-18-7-5-14(6-8-18)12-23-13-17(10-19(23)24)20(25)22-11-15-3-2-4-16(9-15)21(26)27/h2-9,17H,10-13H2,1H3,(H,22,25)(H,26,27). The van der Waals surface area contributed by atoms with Crippen LogP contribution in [-0.4, -0.2) is 41.4 Å². The molecule has 0 spiro atoms. The van der Waals surface area contributed by atoms with Crippen molar-refractivity contribution in [1.29, 1.82) is 0 Å². The van der Waals surface area contributed by atoms with Crippen LogP contribution in [0, 0.1) is 5.92 Å². The Bertz CT molecular complexity index is 879. The summed E-state index contributed by atoms with van der Waals surface area (Å²) in [7, 11) is 1.60. The van der Waals surface area contributed by atoms with Crippen LogP contribution < -0.4 is 10.1 Å². The fourth-order valence-electron chi connectivity index (χ4n) is 3.20. The Kier molecular flexibility index (Phi) is 5.93. The quantitative estimate of drug-likeness (QED) is 0.764. The Balaban J connectivity index is 1.54. The van der Waals surface area contributed by atoms with Gasteiger partial charge >= 0.3 is 5.97 Å². The fraction of sp³-hybridized carbons (Fsp3) is 0.286. The van der Waals surface area contributed by atoms with E-state index >= 15 is 0 Å². The lowest BCUT2D eigenvalue weighted by Crippen LogP contribution is -2.32. The number of likely N-dealkylation sites (tertiary alicyclic amines) is 1. The number of methoxy groups -OCH3 is 1. The fourth-order valence-corrected chi connectivity index (χ4v) is 3.20. The first kappa shape index (κ1) is 19.4. The molecule has 2 amide bonds. The molecule has 0 aromatic heterocycles. The SMILES string of the molecule is COc1ccc(CN2CC(C(=O)NCc3cccc(C(=O)O)c3)CC2=O)cc1. The van der Waals surface area contributed by atoms with Crippen molar-refractivity contribution in [3.05, 3.63) is 65.2 Å². The van der Waals surface area contributed by atoms with Gasteiger partial charge in [-0.05, 0) is 35.4 Å². The van der Waals surface area contributed by atoms with Crippen LogP contribution in [0.15, 0.2) is 48.5 Å². The highest BCUT2D eigenvalue weighted by molar-refractivity contribution is 5.89. The maximum atomic E-state index is 12.4. The normalized spacial score (nSPS) is 16.1. The Labute approximate surface area is 162 Å². The highest BCUT2D eigenvalue weighted by atomic mass is 16.5. The van der Waals surface area contributed by atoms with Crippen molar-refractivity contribution in [2.45, 2.75) is 19.5 Å². The number of ether oxygens (including phenoxy) is 1. The minimum atomic E-state index is -1.01. The molecule has 1 aliphatic heterocycles. The molecule has 3 rings (SSSR count). The summed E-state index contributed by atoms with van der Waals surface area (Å²) in [6.07, 6.45) is 0.178. The maximum absolute atomic E-state index is 12.4. The number of carbonyl (C=O) groups is 3. The lowest BCUT2D eigenvalue weighted by atomic mass is 10.1. The Morgan fingerprint density at radius 1 is 1.18 bits per heavy atom. The van der Waals surface area contributed by atoms with Crippen molar-refractivity contribution in [3.8, 4) is 5.75 Å². The van der Waals surface area contributed by atoms with Crippen molar-refractivity contribution in [3.63, 3.8) is 0 Å². The van der Waals surface area contributed by atoms with Crippen LogP contribution in [0.25, 0.3) is 0 Å². The number of nitrogens with one attached hydrogen (secondary N) is 1. The smallest absolute Gasteiger partial charge is 0.335 e. The van der Waals surface area contributed by atoms with E-state index in [0.29, 0.717) is 18.7 Å². The van der Waals surface area contributed by atoms with Gasteiger partial charge in [0, 0.05) is 26.1 Å². The van der Waals surface area contributed by atoms with Crippen molar-refractivity contribution in [2.75, 3.05) is 13.7 Å². The molecule has 0 aliphatic carbocycles. The van der Waals surface area contributed by atoms with E-state index in [9.17, 15) is 14.4 Å². The highest BCUT2D eigenvalue weighted by Crippen LogP contribution is 2.21. The van der Waals surface area contributed by atoms with Gasteiger partial charge in [0.25, 0.3) is 0 Å². The second-order valence-electron chi connectivity index (χ2n) is 6.75. The predicted octanol–water partition coefficient (Wildman–Crippen LogP) is 2.06. The molecule has 0 radical (unpaired) electrons. The van der Waals surface area contributed by atoms with E-state index in [4.69, 9.17) is 9.84 Å². The molecule has 28 heavy (non-hydrogen) atoms. The number of hydrogen-bond acceptors (Lipinski definition) is 4. The lowest BCUT2D eigenvalue weighted by Gasteiger charge is -2.17. The number of aromatic carboxylic acids is 1. The molecule has 1 unspecified atom stereocenters. The zero-order valence-corrected chi connectivity index (χ0v) is 15.6. The Hall–Kier alpha value is -3.35. The number of benzene rings is 2. The summed E-state index contributed by atoms with van der Waals surface area (Å²) >= 11 is 0. The molecule has 1 atom stereocenters. The molecule has 0 bridgehead atoms. The molecule has 0 saturated carbocycles. The van der Waals surface area contributed by atoms with Gasteiger partial charge in [-0.2, -0.15) is 0 Å². The second kappa shape index (κ2) is 8.56. The third-order valence-corrected chi connectivity index (χ3v) is 4.76. The van der Waals surface area contributed by atoms with E-state index in [1.165, 1.54) is 12.1 Å². The number of hydrogen-bond donors (Lipinski definition) is 2. The Morgan fingerprint density at radius 3 is 2.61 bits per heavy atom. The van der Waals surface area contributed by atoms with Gasteiger partial charge < -0.3 is 20.1 Å². The van der Waals surface area contributed by atoms with Gasteiger partial charge in [0.2, 0.25) is 11.8 Å².